The van der Waals surface area contributed by atoms with Gasteiger partial charge in [-0.15, -0.1) is 11.3 Å². The lowest BCUT2D eigenvalue weighted by Gasteiger charge is -2.17. The van der Waals surface area contributed by atoms with Crippen LogP contribution in [0.3, 0.4) is 0 Å². The molecule has 1 N–H and O–H groups in total. The van der Waals surface area contributed by atoms with E-state index in [9.17, 15) is 9.90 Å². The molecule has 0 aliphatic heterocycles. The van der Waals surface area contributed by atoms with E-state index in [1.165, 1.54) is 11.3 Å². The number of carboxylic acid groups (broad SMARTS) is 1. The zero-order valence-corrected chi connectivity index (χ0v) is 11.4. The Bertz CT molecular complexity index is 573. The van der Waals surface area contributed by atoms with Gasteiger partial charge in [0.15, 0.2) is 0 Å². The third-order valence-corrected chi connectivity index (χ3v) is 4.45. The molecule has 0 saturated carbocycles. The summed E-state index contributed by atoms with van der Waals surface area (Å²) < 4.78 is 0. The fourth-order valence-corrected chi connectivity index (χ4v) is 2.94. The van der Waals surface area contributed by atoms with Crippen molar-refractivity contribution in [3.05, 3.63) is 40.9 Å². The maximum Gasteiger partial charge on any atom is 0.314 e. The number of thiazole rings is 1. The Morgan fingerprint density at radius 2 is 1.89 bits per heavy atom. The molecule has 4 heteroatoms. The van der Waals surface area contributed by atoms with Crippen molar-refractivity contribution in [1.82, 2.24) is 4.98 Å². The van der Waals surface area contributed by atoms with E-state index in [0.29, 0.717) is 0 Å². The Balaban J connectivity index is 2.49. The van der Waals surface area contributed by atoms with Crippen LogP contribution < -0.4 is 0 Å². The maximum atomic E-state index is 11.3. The summed E-state index contributed by atoms with van der Waals surface area (Å²) >= 11 is 1.46. The van der Waals surface area contributed by atoms with Crippen LogP contribution in [-0.2, 0) is 10.2 Å². The molecule has 0 bridgehead atoms. The zero-order chi connectivity index (χ0) is 13.3. The van der Waals surface area contributed by atoms with Crippen LogP contribution >= 0.6 is 11.3 Å². The molecule has 0 fully saturated rings. The van der Waals surface area contributed by atoms with E-state index < -0.39 is 11.4 Å². The lowest BCUT2D eigenvalue weighted by molar-refractivity contribution is -0.142. The van der Waals surface area contributed by atoms with Crippen molar-refractivity contribution in [2.45, 2.75) is 26.2 Å². The van der Waals surface area contributed by atoms with Crippen LogP contribution in [0.5, 0.6) is 0 Å². The van der Waals surface area contributed by atoms with Gasteiger partial charge in [-0.25, -0.2) is 4.98 Å². The molecule has 0 amide bonds. The van der Waals surface area contributed by atoms with Crippen molar-refractivity contribution < 1.29 is 9.90 Å². The van der Waals surface area contributed by atoms with Gasteiger partial charge in [0, 0.05) is 10.4 Å². The number of carboxylic acids is 1. The first-order chi connectivity index (χ1) is 8.43. The fourth-order valence-electron chi connectivity index (χ4n) is 1.78. The minimum atomic E-state index is -0.894. The molecule has 1 aromatic carbocycles. The van der Waals surface area contributed by atoms with E-state index in [-0.39, 0.29) is 0 Å². The largest absolute Gasteiger partial charge is 0.481 e. The Hall–Kier alpha value is -1.68. The van der Waals surface area contributed by atoms with E-state index in [0.717, 1.165) is 21.1 Å². The van der Waals surface area contributed by atoms with Crippen molar-refractivity contribution in [3.8, 4) is 10.6 Å². The van der Waals surface area contributed by atoms with E-state index in [2.05, 4.69) is 4.98 Å². The highest BCUT2D eigenvalue weighted by Gasteiger charge is 2.33. The van der Waals surface area contributed by atoms with Crippen LogP contribution in [0.15, 0.2) is 30.3 Å². The molecule has 0 unspecified atom stereocenters. The lowest BCUT2D eigenvalue weighted by Crippen LogP contribution is -2.28. The highest BCUT2D eigenvalue weighted by Crippen LogP contribution is 2.36. The van der Waals surface area contributed by atoms with Crippen LogP contribution in [-0.4, -0.2) is 16.1 Å². The summed E-state index contributed by atoms with van der Waals surface area (Å²) in [4.78, 5) is 16.6. The van der Waals surface area contributed by atoms with Crippen molar-refractivity contribution in [1.29, 1.82) is 0 Å². The normalized spacial score (nSPS) is 11.5. The monoisotopic (exact) mass is 261 g/mol. The molecule has 1 aromatic heterocycles. The molecule has 1 heterocycles. The number of rotatable bonds is 3. The third kappa shape index (κ3) is 2.16. The molecule has 3 nitrogen and oxygen atoms in total. The topological polar surface area (TPSA) is 50.2 Å². The van der Waals surface area contributed by atoms with E-state index in [1.807, 2.05) is 37.3 Å². The molecule has 94 valence electrons. The molecule has 2 rings (SSSR count). The Labute approximate surface area is 110 Å². The molecule has 0 aliphatic carbocycles. The Morgan fingerprint density at radius 3 is 2.44 bits per heavy atom. The number of carbonyl (C=O) groups is 1. The summed E-state index contributed by atoms with van der Waals surface area (Å²) in [5.41, 5.74) is 0.929. The predicted molar refractivity (Wildman–Crippen MR) is 72.9 cm³/mol. The quantitative estimate of drug-likeness (QED) is 0.920. The van der Waals surface area contributed by atoms with Crippen molar-refractivity contribution in [3.63, 3.8) is 0 Å². The summed E-state index contributed by atoms with van der Waals surface area (Å²) in [5, 5.41) is 10.2. The van der Waals surface area contributed by atoms with Gasteiger partial charge in [-0.1, -0.05) is 30.3 Å². The van der Waals surface area contributed by atoms with Crippen LogP contribution in [0.1, 0.15) is 24.4 Å². The first-order valence-electron chi connectivity index (χ1n) is 5.69. The number of hydrogen-bond donors (Lipinski definition) is 1. The molecule has 2 aromatic rings. The average molecular weight is 261 g/mol. The van der Waals surface area contributed by atoms with Crippen LogP contribution in [0.25, 0.3) is 10.6 Å². The molecule has 0 saturated heterocycles. The van der Waals surface area contributed by atoms with Crippen molar-refractivity contribution in [2.75, 3.05) is 0 Å². The van der Waals surface area contributed by atoms with Crippen LogP contribution in [0.2, 0.25) is 0 Å². The predicted octanol–water partition coefficient (Wildman–Crippen LogP) is 3.48. The minimum Gasteiger partial charge on any atom is -0.481 e. The molecule has 0 atom stereocenters. The number of hydrogen-bond acceptors (Lipinski definition) is 3. The smallest absolute Gasteiger partial charge is 0.314 e. The maximum absolute atomic E-state index is 11.3. The van der Waals surface area contributed by atoms with Crippen LogP contribution in [0, 0.1) is 6.92 Å². The highest BCUT2D eigenvalue weighted by molar-refractivity contribution is 7.15. The van der Waals surface area contributed by atoms with Gasteiger partial charge in [-0.05, 0) is 20.8 Å². The summed E-state index contributed by atoms with van der Waals surface area (Å²) in [7, 11) is 0. The van der Waals surface area contributed by atoms with Gasteiger partial charge in [0.05, 0.1) is 11.1 Å². The number of aliphatic carboxylic acids is 1. The Kier molecular flexibility index (Phi) is 3.22. The Morgan fingerprint density at radius 1 is 1.28 bits per heavy atom. The summed E-state index contributed by atoms with van der Waals surface area (Å²) in [6.07, 6.45) is 0. The van der Waals surface area contributed by atoms with E-state index in [1.54, 1.807) is 13.8 Å². The van der Waals surface area contributed by atoms with E-state index in [4.69, 9.17) is 0 Å². The van der Waals surface area contributed by atoms with Gasteiger partial charge in [-0.2, -0.15) is 0 Å². The average Bonchev–Trinajstić information content (AvgIpc) is 2.73. The van der Waals surface area contributed by atoms with Gasteiger partial charge in [-0.3, -0.25) is 4.79 Å². The van der Waals surface area contributed by atoms with Crippen molar-refractivity contribution >= 4 is 17.3 Å². The second-order valence-electron chi connectivity index (χ2n) is 4.73. The molecular formula is C14H15NO2S. The fraction of sp³-hybridized carbons (Fsp3) is 0.286. The minimum absolute atomic E-state index is 0.797. The number of benzene rings is 1. The lowest BCUT2D eigenvalue weighted by atomic mass is 9.91. The molecular weight excluding hydrogens is 246 g/mol. The standard InChI is InChI=1S/C14H15NO2S/c1-9-11(14(2,3)13(16)17)18-12(15-9)10-7-5-4-6-8-10/h4-8H,1-3H3,(H,16,17). The van der Waals surface area contributed by atoms with Gasteiger partial charge >= 0.3 is 5.97 Å². The molecule has 0 spiro atoms. The van der Waals surface area contributed by atoms with Gasteiger partial charge in [0.25, 0.3) is 0 Å². The third-order valence-electron chi connectivity index (χ3n) is 2.92. The summed E-state index contributed by atoms with van der Waals surface area (Å²) in [6.45, 7) is 5.29. The van der Waals surface area contributed by atoms with Gasteiger partial charge in [0.1, 0.15) is 5.01 Å². The molecule has 0 aliphatic rings. The SMILES string of the molecule is Cc1nc(-c2ccccc2)sc1C(C)(C)C(=O)O. The number of nitrogens with zero attached hydrogens (tertiary/aromatic N) is 1. The number of aryl methyl sites for hydroxylation is 1. The summed E-state index contributed by atoms with van der Waals surface area (Å²) in [5.74, 6) is -0.825. The molecule has 18 heavy (non-hydrogen) atoms. The van der Waals surface area contributed by atoms with Gasteiger partial charge < -0.3 is 5.11 Å². The zero-order valence-electron chi connectivity index (χ0n) is 10.6. The second kappa shape index (κ2) is 4.53. The van der Waals surface area contributed by atoms with E-state index >= 15 is 0 Å². The molecule has 0 radical (unpaired) electrons. The second-order valence-corrected chi connectivity index (χ2v) is 5.73. The first kappa shape index (κ1) is 12.8. The highest BCUT2D eigenvalue weighted by atomic mass is 32.1. The van der Waals surface area contributed by atoms with Crippen molar-refractivity contribution in [2.24, 2.45) is 0 Å². The summed E-state index contributed by atoms with van der Waals surface area (Å²) in [6, 6.07) is 9.82. The number of aromatic nitrogens is 1. The van der Waals surface area contributed by atoms with Crippen LogP contribution in [0.4, 0.5) is 0 Å². The first-order valence-corrected chi connectivity index (χ1v) is 6.51. The van der Waals surface area contributed by atoms with Gasteiger partial charge in [0.2, 0.25) is 0 Å².